The number of halogens is 12. The first kappa shape index (κ1) is 102. The Morgan fingerprint density at radius 1 is 0.371 bits per heavy atom. The van der Waals surface area contributed by atoms with E-state index in [0.717, 1.165) is 49.9 Å². The zero-order valence-corrected chi connectivity index (χ0v) is 79.2. The lowest BCUT2D eigenvalue weighted by atomic mass is 9.72. The second-order valence-electron chi connectivity index (χ2n) is 37.6. The first-order chi connectivity index (χ1) is 67.9. The molecule has 4 aromatic carbocycles. The number of nitrogens with zero attached hydrogens (tertiary/aromatic N) is 17. The van der Waals surface area contributed by atoms with Crippen molar-refractivity contribution in [1.29, 1.82) is 0 Å². The molecule has 8 aromatic heterocycles. The zero-order valence-electron chi connectivity index (χ0n) is 79.2. The second-order valence-corrected chi connectivity index (χ2v) is 37.6. The van der Waals surface area contributed by atoms with Gasteiger partial charge in [0.25, 0.3) is 71.6 Å². The molecule has 0 bridgehead atoms. The van der Waals surface area contributed by atoms with Gasteiger partial charge in [-0.15, -0.1) is 0 Å². The van der Waals surface area contributed by atoms with Gasteiger partial charge in [0.1, 0.15) is 117 Å². The molecule has 7 aliphatic rings. The summed E-state index contributed by atoms with van der Waals surface area (Å²) >= 11 is 0. The van der Waals surface area contributed by atoms with Crippen LogP contribution in [0.2, 0.25) is 0 Å². The van der Waals surface area contributed by atoms with Gasteiger partial charge >= 0.3 is 0 Å². The highest BCUT2D eigenvalue weighted by molar-refractivity contribution is 6.03. The Bertz CT molecular complexity index is 7250. The van der Waals surface area contributed by atoms with Crippen LogP contribution in [0, 0.1) is 34.1 Å². The smallest absolute Gasteiger partial charge is 0.266 e. The quantitative estimate of drug-likeness (QED) is 0.0442. The Labute approximate surface area is 807 Å². The molecule has 0 unspecified atom stereocenters. The number of aromatic nitrogens is 12. The largest absolute Gasteiger partial charge is 0.390 e. The van der Waals surface area contributed by atoms with E-state index in [1.54, 1.807) is 54.2 Å². The van der Waals surface area contributed by atoms with Crippen LogP contribution in [0.5, 0.6) is 0 Å². The molecule has 7 aliphatic heterocycles. The van der Waals surface area contributed by atoms with Crippen molar-refractivity contribution in [3.63, 3.8) is 0 Å². The first-order valence-corrected chi connectivity index (χ1v) is 46.0. The number of alkyl halides is 8. The summed E-state index contributed by atoms with van der Waals surface area (Å²) in [6.07, 6.45) is -2.54. The number of pyridine rings is 4. The Balaban J connectivity index is 0.000000137. The van der Waals surface area contributed by atoms with E-state index in [1.807, 2.05) is 0 Å². The third-order valence-corrected chi connectivity index (χ3v) is 27.7. The van der Waals surface area contributed by atoms with Gasteiger partial charge in [-0.25, -0.2) is 92.6 Å². The van der Waals surface area contributed by atoms with Crippen molar-refractivity contribution < 1.29 is 91.2 Å². The van der Waals surface area contributed by atoms with Gasteiger partial charge in [0, 0.05) is 134 Å². The van der Waals surface area contributed by atoms with E-state index in [9.17, 15) is 101 Å². The summed E-state index contributed by atoms with van der Waals surface area (Å²) in [5, 5.41) is 23.7. The first-order valence-electron chi connectivity index (χ1n) is 46.0. The lowest BCUT2D eigenvalue weighted by Crippen LogP contribution is -2.73. The molecule has 15 heterocycles. The summed E-state index contributed by atoms with van der Waals surface area (Å²) in [7, 11) is 6.00. The SMILES string of the molecule is CC(=O)N1CC2(C1)CN(C(=O)c1cc3c(N[C@H](C)c4cccc(C(F)F)c4F)ncnc3n(C)c1=O)C2.C[C@@H](Nc1ncnc2c1cc(C(=O)N1CC3(CCOC3)C1)c(=O)n2C)c1cccc(C(F)F)c1F.C[C@@H](Nc1ncnc2c1cc(C(=O)N1CCC(C)(O)CC1)c(=O)n2C)c1cccc(C(F)F)c1F.C[C@@H](Nc1ncnc2c1cc(C(=O)N1CCCCC13COC3)c(=O)n2C)c1cccc(C(F)F)c1F. The molecule has 5 N–H and O–H groups in total. The van der Waals surface area contributed by atoms with E-state index in [0.29, 0.717) is 120 Å². The number of fused-ring (bicyclic) bond motifs is 4. The number of hydrogen-bond acceptors (Lipinski definition) is 24. The Kier molecular flexibility index (Phi) is 28.8. The van der Waals surface area contributed by atoms with Gasteiger partial charge in [-0.2, -0.15) is 0 Å². The number of nitrogens with one attached hydrogen (secondary N) is 4. The maximum atomic E-state index is 14.7. The average molecular weight is 1990 g/mol. The van der Waals surface area contributed by atoms with E-state index in [-0.39, 0.29) is 124 Å². The lowest BCUT2D eigenvalue weighted by molar-refractivity contribution is -0.152. The van der Waals surface area contributed by atoms with Crippen LogP contribution in [0.25, 0.3) is 44.1 Å². The number of ether oxygens (including phenoxy) is 2. The molecule has 0 aliphatic carbocycles. The minimum absolute atomic E-state index is 0.00567. The Morgan fingerprint density at radius 2 is 0.664 bits per heavy atom. The normalized spacial score (nSPS) is 17.3. The van der Waals surface area contributed by atoms with Crippen molar-refractivity contribution in [2.24, 2.45) is 39.0 Å². The van der Waals surface area contributed by atoms with Gasteiger partial charge < -0.3 is 60.3 Å². The van der Waals surface area contributed by atoms with Crippen LogP contribution in [-0.2, 0) is 42.5 Å². The fraction of sp³-hybridized carbons (Fsp3) is 0.418. The van der Waals surface area contributed by atoms with Crippen molar-refractivity contribution in [2.45, 2.75) is 141 Å². The molecule has 5 amide bonds. The van der Waals surface area contributed by atoms with Crippen molar-refractivity contribution >= 4 is 96.9 Å². The van der Waals surface area contributed by atoms with Crippen molar-refractivity contribution in [1.82, 2.24) is 82.6 Å². The summed E-state index contributed by atoms with van der Waals surface area (Å²) in [6.45, 7) is 16.1. The fourth-order valence-corrected chi connectivity index (χ4v) is 19.4. The van der Waals surface area contributed by atoms with Crippen LogP contribution in [0.1, 0.15) is 216 Å². The number of piperidine rings is 2. The van der Waals surface area contributed by atoms with Gasteiger partial charge in [-0.1, -0.05) is 72.8 Å². The molecule has 12 aromatic rings. The topological polar surface area (TPSA) is 379 Å². The second kappa shape index (κ2) is 40.6. The number of likely N-dealkylation sites (tertiary alicyclic amines) is 5. The van der Waals surface area contributed by atoms with Crippen molar-refractivity contribution in [3.05, 3.63) is 254 Å². The number of anilines is 4. The van der Waals surface area contributed by atoms with Gasteiger partial charge in [-0.05, 0) is 97.4 Å². The molecule has 33 nitrogen and oxygen atoms in total. The molecule has 45 heteroatoms. The number of aliphatic hydroxyl groups is 1. The van der Waals surface area contributed by atoms with Gasteiger partial charge in [0.2, 0.25) is 5.91 Å². The molecular formula is C98H101F12N21O12. The van der Waals surface area contributed by atoms with E-state index in [4.69, 9.17) is 9.47 Å². The van der Waals surface area contributed by atoms with Crippen molar-refractivity contribution in [2.75, 3.05) is 107 Å². The molecule has 7 fully saturated rings. The highest BCUT2D eigenvalue weighted by Crippen LogP contribution is 2.44. The minimum Gasteiger partial charge on any atom is -0.390 e. The van der Waals surface area contributed by atoms with E-state index in [2.05, 4.69) is 61.1 Å². The predicted molar refractivity (Wildman–Crippen MR) is 501 cm³/mol. The summed E-state index contributed by atoms with van der Waals surface area (Å²) < 4.78 is 180. The van der Waals surface area contributed by atoms with E-state index in [1.165, 1.54) is 156 Å². The maximum Gasteiger partial charge on any atom is 0.266 e. The highest BCUT2D eigenvalue weighted by atomic mass is 19.3. The van der Waals surface area contributed by atoms with E-state index >= 15 is 0 Å². The van der Waals surface area contributed by atoms with Gasteiger partial charge in [-0.3, -0.25) is 61.4 Å². The molecule has 3 spiro atoms. The average Bonchev–Trinajstić information content (AvgIpc) is 0.841. The summed E-state index contributed by atoms with van der Waals surface area (Å²) in [6, 6.07) is 18.0. The van der Waals surface area contributed by atoms with Crippen LogP contribution in [-0.4, -0.2) is 214 Å². The van der Waals surface area contributed by atoms with Crippen LogP contribution in [0.4, 0.5) is 76.0 Å². The van der Waals surface area contributed by atoms with Gasteiger partial charge in [0.05, 0.1) is 98.9 Å². The minimum atomic E-state index is -2.96. The summed E-state index contributed by atoms with van der Waals surface area (Å²) in [5.41, 5.74) is -5.16. The third kappa shape index (κ3) is 19.8. The predicted octanol–water partition coefficient (Wildman–Crippen LogP) is 13.9. The van der Waals surface area contributed by atoms with Crippen LogP contribution in [0.3, 0.4) is 0 Å². The summed E-state index contributed by atoms with van der Waals surface area (Å²) in [4.78, 5) is 159. The monoisotopic (exact) mass is 1990 g/mol. The van der Waals surface area contributed by atoms with Crippen LogP contribution >= 0.6 is 0 Å². The molecule has 143 heavy (non-hydrogen) atoms. The molecule has 4 atom stereocenters. The van der Waals surface area contributed by atoms with Crippen molar-refractivity contribution in [3.8, 4) is 0 Å². The number of hydrogen-bond donors (Lipinski definition) is 5. The Morgan fingerprint density at radius 3 is 0.951 bits per heavy atom. The molecule has 0 saturated carbocycles. The third-order valence-electron chi connectivity index (χ3n) is 27.7. The molecule has 19 rings (SSSR count). The maximum absolute atomic E-state index is 14.7. The fourth-order valence-electron chi connectivity index (χ4n) is 19.4. The van der Waals surface area contributed by atoms with Gasteiger partial charge in [0.15, 0.2) is 0 Å². The van der Waals surface area contributed by atoms with Crippen LogP contribution < -0.4 is 43.5 Å². The summed E-state index contributed by atoms with van der Waals surface area (Å²) in [5.74, 6) is -4.74. The number of amides is 5. The molecule has 7 saturated heterocycles. The number of benzene rings is 4. The number of rotatable bonds is 20. The number of carbonyl (C=O) groups is 5. The number of aryl methyl sites for hydroxylation is 4. The van der Waals surface area contributed by atoms with Crippen LogP contribution in [0.15, 0.2) is 142 Å². The number of carbonyl (C=O) groups excluding carboxylic acids is 5. The van der Waals surface area contributed by atoms with E-state index < -0.39 is 135 Å². The zero-order chi connectivity index (χ0) is 103. The lowest BCUT2D eigenvalue weighted by Gasteiger charge is -2.59. The molecule has 0 radical (unpaired) electrons. The standard InChI is InChI=1S/C25H25F3N6O3.C25H26F3N5O3.C24H24F3N5O3.C24H26F3N5O3/c1-13(15-5-4-6-16(19(15)26)20(27)28)31-21-17-7-18(23(36)32(3)22(17)30-12-29-21)24(37)34-10-25(11-34)8-33(9-25)14(2)35;1-14(15-6-5-7-16(19(15)26)20(27)28)31-21-17-10-18(23(34)32(2)22(17)30-13-29-21)24(35)33-9-4-3-8-25(33)11-36-12-25;1-13(14-4-3-5-15(18(14)25)19(26)27)30-20-16-8-17(22(33)31(2)21(16)29-12-28-20)23(34)32-9-24(10-32)6-7-35-11-24;1-13(14-5-4-6-15(18(14)25)19(26)27)30-20-16-11-17(22(33)31(3)21(16)29-12-28-20)23(34)32-9-7-24(2,35)8-10-32/h4-7,12-13,20H,8-11H2,1-3H3,(H,29,30,31);5-7,10,13-14,20H,3-4,8-9,11-12H2,1-2H3,(H,29,30,31);3-5,8,12-13,19H,6-7,9-11H2,1-2H3,(H,28,29,30);4-6,11-13,19,35H,7-10H2,1-3H3,(H,28,29,30)/t13-;14-;2*13-/m1111/s1. The molecular weight excluding hydrogens is 1890 g/mol. The molecule has 754 valence electrons. The highest BCUT2D eigenvalue weighted by Gasteiger charge is 2.55. The Hall–Kier alpha value is -14.4.